The van der Waals surface area contributed by atoms with E-state index in [1.54, 1.807) is 0 Å². The SMILES string of the molecule is CCO[Si](OCC)(OCCCCCl)c1ccccc1. The Labute approximate surface area is 122 Å². The van der Waals surface area contributed by atoms with Crippen LogP contribution in [0.2, 0.25) is 0 Å². The van der Waals surface area contributed by atoms with Crippen molar-refractivity contribution in [2.24, 2.45) is 0 Å². The summed E-state index contributed by atoms with van der Waals surface area (Å²) in [6.45, 7) is 5.71. The van der Waals surface area contributed by atoms with E-state index in [2.05, 4.69) is 0 Å². The van der Waals surface area contributed by atoms with Gasteiger partial charge >= 0.3 is 8.80 Å². The van der Waals surface area contributed by atoms with Crippen molar-refractivity contribution in [3.63, 3.8) is 0 Å². The molecule has 0 saturated carbocycles. The first-order chi connectivity index (χ1) is 9.29. The van der Waals surface area contributed by atoms with Gasteiger partial charge in [0.25, 0.3) is 0 Å². The van der Waals surface area contributed by atoms with Gasteiger partial charge in [-0.1, -0.05) is 30.3 Å². The first kappa shape index (κ1) is 16.7. The van der Waals surface area contributed by atoms with Crippen LogP contribution in [0.25, 0.3) is 0 Å². The maximum Gasteiger partial charge on any atom is 0.537 e. The first-order valence-electron chi connectivity index (χ1n) is 6.82. The molecular weight excluding hydrogens is 280 g/mol. The maximum absolute atomic E-state index is 6.03. The average Bonchev–Trinajstić information content (AvgIpc) is 2.45. The van der Waals surface area contributed by atoms with Crippen LogP contribution in [0.1, 0.15) is 26.7 Å². The van der Waals surface area contributed by atoms with Gasteiger partial charge in [0.05, 0.1) is 0 Å². The van der Waals surface area contributed by atoms with Gasteiger partial charge in [-0.3, -0.25) is 0 Å². The molecule has 1 aromatic rings. The standard InChI is InChI=1S/C14H23ClO3Si/c1-3-16-19(17-4-2,18-13-9-8-12-15)14-10-6-5-7-11-14/h5-7,10-11H,3-4,8-9,12-13H2,1-2H3. The van der Waals surface area contributed by atoms with Gasteiger partial charge in [-0.15, -0.1) is 11.6 Å². The molecule has 0 N–H and O–H groups in total. The summed E-state index contributed by atoms with van der Waals surface area (Å²) in [7, 11) is -2.76. The Kier molecular flexibility index (Phi) is 8.33. The summed E-state index contributed by atoms with van der Waals surface area (Å²) in [5.41, 5.74) is 0. The Morgan fingerprint density at radius 3 is 2.11 bits per heavy atom. The van der Waals surface area contributed by atoms with Crippen molar-refractivity contribution in [3.8, 4) is 0 Å². The molecule has 0 aliphatic heterocycles. The van der Waals surface area contributed by atoms with Crippen LogP contribution in [0.3, 0.4) is 0 Å². The van der Waals surface area contributed by atoms with Crippen LogP contribution in [-0.2, 0) is 13.3 Å². The zero-order valence-corrected chi connectivity index (χ0v) is 13.5. The molecule has 0 aliphatic rings. The molecule has 1 aromatic carbocycles. The van der Waals surface area contributed by atoms with Crippen LogP contribution in [0.4, 0.5) is 0 Å². The molecule has 0 bridgehead atoms. The Balaban J connectivity index is 2.81. The summed E-state index contributed by atoms with van der Waals surface area (Å²) in [5.74, 6) is 0.659. The molecule has 0 heterocycles. The summed E-state index contributed by atoms with van der Waals surface area (Å²) in [6.07, 6.45) is 1.87. The highest BCUT2D eigenvalue weighted by atomic mass is 35.5. The van der Waals surface area contributed by atoms with E-state index >= 15 is 0 Å². The van der Waals surface area contributed by atoms with E-state index in [9.17, 15) is 0 Å². The molecule has 108 valence electrons. The molecule has 0 unspecified atom stereocenters. The van der Waals surface area contributed by atoms with Crippen molar-refractivity contribution in [1.82, 2.24) is 0 Å². The number of benzene rings is 1. The van der Waals surface area contributed by atoms with Gasteiger partial charge in [-0.25, -0.2) is 0 Å². The highest BCUT2D eigenvalue weighted by molar-refractivity contribution is 6.75. The van der Waals surface area contributed by atoms with Crippen molar-refractivity contribution in [2.45, 2.75) is 26.7 Å². The number of hydrogen-bond donors (Lipinski definition) is 0. The lowest BCUT2D eigenvalue weighted by Gasteiger charge is -2.29. The largest absolute Gasteiger partial charge is 0.537 e. The van der Waals surface area contributed by atoms with Crippen molar-refractivity contribution in [1.29, 1.82) is 0 Å². The van der Waals surface area contributed by atoms with Gasteiger partial charge in [0.15, 0.2) is 0 Å². The van der Waals surface area contributed by atoms with E-state index in [1.807, 2.05) is 44.2 Å². The highest BCUT2D eigenvalue weighted by Gasteiger charge is 2.43. The van der Waals surface area contributed by atoms with Gasteiger partial charge in [-0.05, 0) is 26.7 Å². The van der Waals surface area contributed by atoms with Crippen LogP contribution in [0.5, 0.6) is 0 Å². The van der Waals surface area contributed by atoms with Gasteiger partial charge < -0.3 is 13.3 Å². The minimum Gasteiger partial charge on any atom is -0.370 e. The Morgan fingerprint density at radius 2 is 1.58 bits per heavy atom. The molecule has 0 aliphatic carbocycles. The second-order valence-electron chi connectivity index (χ2n) is 4.03. The summed E-state index contributed by atoms with van der Waals surface area (Å²) in [4.78, 5) is 0. The predicted octanol–water partition coefficient (Wildman–Crippen LogP) is 2.94. The van der Waals surface area contributed by atoms with E-state index in [1.165, 1.54) is 0 Å². The number of alkyl halides is 1. The van der Waals surface area contributed by atoms with Crippen molar-refractivity contribution >= 4 is 25.6 Å². The van der Waals surface area contributed by atoms with E-state index in [-0.39, 0.29) is 0 Å². The summed E-state index contributed by atoms with van der Waals surface area (Å²) < 4.78 is 17.8. The second kappa shape index (κ2) is 9.50. The lowest BCUT2D eigenvalue weighted by atomic mass is 10.4. The Bertz CT molecular complexity index is 329. The van der Waals surface area contributed by atoms with E-state index < -0.39 is 8.80 Å². The van der Waals surface area contributed by atoms with E-state index in [4.69, 9.17) is 24.9 Å². The minimum atomic E-state index is -2.76. The fourth-order valence-corrected chi connectivity index (χ4v) is 4.51. The summed E-state index contributed by atoms with van der Waals surface area (Å²) >= 11 is 5.68. The van der Waals surface area contributed by atoms with Crippen molar-refractivity contribution in [2.75, 3.05) is 25.7 Å². The smallest absolute Gasteiger partial charge is 0.370 e. The van der Waals surface area contributed by atoms with Crippen LogP contribution in [0, 0.1) is 0 Å². The van der Waals surface area contributed by atoms with Gasteiger partial charge in [-0.2, -0.15) is 0 Å². The molecule has 1 rings (SSSR count). The molecule has 0 atom stereocenters. The van der Waals surface area contributed by atoms with Crippen molar-refractivity contribution < 1.29 is 13.3 Å². The van der Waals surface area contributed by atoms with Crippen molar-refractivity contribution in [3.05, 3.63) is 30.3 Å². The molecule has 0 aromatic heterocycles. The van der Waals surface area contributed by atoms with E-state index in [0.717, 1.165) is 18.0 Å². The Hall–Kier alpha value is -0.393. The Morgan fingerprint density at radius 1 is 0.947 bits per heavy atom. The van der Waals surface area contributed by atoms with Crippen LogP contribution in [-0.4, -0.2) is 34.5 Å². The quantitative estimate of drug-likeness (QED) is 0.378. The molecular formula is C14H23ClO3Si. The van der Waals surface area contributed by atoms with Gasteiger partial charge in [0, 0.05) is 30.9 Å². The molecule has 19 heavy (non-hydrogen) atoms. The number of halogens is 1. The first-order valence-corrected chi connectivity index (χ1v) is 9.08. The summed E-state index contributed by atoms with van der Waals surface area (Å²) in [5, 5.41) is 1.02. The third kappa shape index (κ3) is 5.24. The predicted molar refractivity (Wildman–Crippen MR) is 81.0 cm³/mol. The highest BCUT2D eigenvalue weighted by Crippen LogP contribution is 2.12. The molecule has 0 spiro atoms. The second-order valence-corrected chi connectivity index (χ2v) is 6.97. The third-order valence-corrected chi connectivity index (χ3v) is 5.85. The van der Waals surface area contributed by atoms with Crippen LogP contribution in [0.15, 0.2) is 30.3 Å². The van der Waals surface area contributed by atoms with E-state index in [0.29, 0.717) is 25.7 Å². The van der Waals surface area contributed by atoms with Gasteiger partial charge in [0.1, 0.15) is 0 Å². The van der Waals surface area contributed by atoms with Gasteiger partial charge in [0.2, 0.25) is 0 Å². The number of hydrogen-bond acceptors (Lipinski definition) is 3. The fourth-order valence-electron chi connectivity index (χ4n) is 1.80. The monoisotopic (exact) mass is 302 g/mol. The fraction of sp³-hybridized carbons (Fsp3) is 0.571. The zero-order chi connectivity index (χ0) is 14.0. The molecule has 0 amide bonds. The molecule has 3 nitrogen and oxygen atoms in total. The lowest BCUT2D eigenvalue weighted by molar-refractivity contribution is 0.0803. The summed E-state index contributed by atoms with van der Waals surface area (Å²) in [6, 6.07) is 9.97. The normalized spacial score (nSPS) is 11.7. The molecule has 0 radical (unpaired) electrons. The van der Waals surface area contributed by atoms with Crippen LogP contribution < -0.4 is 5.19 Å². The number of rotatable bonds is 10. The topological polar surface area (TPSA) is 27.7 Å². The number of unbranched alkanes of at least 4 members (excludes halogenated alkanes) is 1. The maximum atomic E-state index is 6.03. The minimum absolute atomic E-state index is 0.580. The third-order valence-electron chi connectivity index (χ3n) is 2.62. The zero-order valence-electron chi connectivity index (χ0n) is 11.7. The lowest BCUT2D eigenvalue weighted by Crippen LogP contribution is -2.57. The molecule has 0 fully saturated rings. The van der Waals surface area contributed by atoms with Crippen LogP contribution >= 0.6 is 11.6 Å². The average molecular weight is 303 g/mol. The molecule has 5 heteroatoms. The molecule has 0 saturated heterocycles.